The average molecular weight is 1330 g/mol. The topological polar surface area (TPSA) is 318 Å². The van der Waals surface area contributed by atoms with Crippen LogP contribution in [-0.4, -0.2) is 93.4 Å². The van der Waals surface area contributed by atoms with Gasteiger partial charge in [-0.25, -0.2) is 13.1 Å². The molecule has 3 atom stereocenters. The second kappa shape index (κ2) is 29.1. The smallest absolute Gasteiger partial charge is 0.311 e. The van der Waals surface area contributed by atoms with Gasteiger partial charge in [0.2, 0.25) is 27.5 Å². The highest BCUT2D eigenvalue weighted by Crippen LogP contribution is 2.43. The van der Waals surface area contributed by atoms with E-state index in [4.69, 9.17) is 38.3 Å². The lowest BCUT2D eigenvalue weighted by molar-refractivity contribution is -0.159. The summed E-state index contributed by atoms with van der Waals surface area (Å²) in [4.78, 5) is 28.3. The molecule has 4 aliphatic rings. The maximum absolute atomic E-state index is 12.8. The van der Waals surface area contributed by atoms with E-state index < -0.39 is 15.4 Å². The Bertz CT molecular complexity index is 4620. The number of aromatic nitrogens is 6. The van der Waals surface area contributed by atoms with Crippen LogP contribution in [0.1, 0.15) is 157 Å². The first-order valence-corrected chi connectivity index (χ1v) is 34.3. The van der Waals surface area contributed by atoms with Crippen LogP contribution in [0.15, 0.2) is 123 Å². The van der Waals surface area contributed by atoms with E-state index in [1.54, 1.807) is 48.5 Å². The van der Waals surface area contributed by atoms with Crippen LogP contribution in [-0.2, 0) is 38.8 Å². The summed E-state index contributed by atoms with van der Waals surface area (Å²) in [5.74, 6) is 4.58. The molecule has 3 N–H and O–H groups in total. The molecular formula is C74H78N12O10S. The molecule has 4 heterocycles. The van der Waals surface area contributed by atoms with Gasteiger partial charge in [0.1, 0.15) is 35.5 Å². The molecule has 3 aromatic heterocycles. The highest BCUT2D eigenvalue weighted by Gasteiger charge is 2.35. The van der Waals surface area contributed by atoms with E-state index in [1.807, 2.05) is 117 Å². The van der Waals surface area contributed by atoms with Gasteiger partial charge < -0.3 is 43.2 Å². The molecule has 1 fully saturated rings. The largest absolute Gasteiger partial charge is 0.491 e. The molecule has 0 bridgehead atoms. The average Bonchev–Trinajstić information content (AvgIpc) is 1.66. The minimum Gasteiger partial charge on any atom is -0.491 e. The van der Waals surface area contributed by atoms with Crippen molar-refractivity contribution in [3.8, 4) is 104 Å². The third-order valence-electron chi connectivity index (χ3n) is 16.9. The van der Waals surface area contributed by atoms with E-state index in [9.17, 15) is 29.0 Å². The normalized spacial score (nSPS) is 16.4. The van der Waals surface area contributed by atoms with Crippen LogP contribution in [0.25, 0.3) is 68.5 Å². The first-order valence-electron chi connectivity index (χ1n) is 32.7. The zero-order chi connectivity index (χ0) is 68.9. The van der Waals surface area contributed by atoms with Crippen molar-refractivity contribution in [1.29, 1.82) is 15.8 Å². The van der Waals surface area contributed by atoms with Gasteiger partial charge in [-0.2, -0.15) is 30.7 Å². The molecule has 500 valence electrons. The Morgan fingerprint density at radius 2 is 1.10 bits per heavy atom. The Hall–Kier alpha value is -10.1. The summed E-state index contributed by atoms with van der Waals surface area (Å²) < 4.78 is 67.9. The molecule has 0 spiro atoms. The second-order valence-electron chi connectivity index (χ2n) is 26.6. The van der Waals surface area contributed by atoms with E-state index in [0.717, 1.165) is 83.3 Å². The Balaban J connectivity index is 0.000000149. The highest BCUT2D eigenvalue weighted by atomic mass is 32.2. The molecule has 97 heavy (non-hydrogen) atoms. The summed E-state index contributed by atoms with van der Waals surface area (Å²) in [5, 5.41) is 40.9. The summed E-state index contributed by atoms with van der Waals surface area (Å²) in [5.41, 5.74) is 17.8. The van der Waals surface area contributed by atoms with Crippen molar-refractivity contribution in [1.82, 2.24) is 40.0 Å². The predicted octanol–water partition coefficient (Wildman–Crippen LogP) is 13.6. The van der Waals surface area contributed by atoms with Crippen LogP contribution in [0, 0.1) is 45.3 Å². The van der Waals surface area contributed by atoms with E-state index in [2.05, 4.69) is 71.2 Å². The van der Waals surface area contributed by atoms with E-state index in [0.29, 0.717) is 111 Å². The number of benzene rings is 6. The molecule has 3 aliphatic carbocycles. The van der Waals surface area contributed by atoms with Gasteiger partial charge in [0.05, 0.1) is 52.2 Å². The van der Waals surface area contributed by atoms with Crippen molar-refractivity contribution >= 4 is 16.0 Å². The third-order valence-corrected chi connectivity index (χ3v) is 18.2. The Kier molecular flexibility index (Phi) is 20.5. The number of rotatable bonds is 18. The predicted molar refractivity (Wildman–Crippen MR) is 362 cm³/mol. The van der Waals surface area contributed by atoms with Crippen molar-refractivity contribution in [2.45, 2.75) is 144 Å². The number of nitriles is 3. The molecule has 9 aromatic rings. The molecule has 0 radical (unpaired) electrons. The maximum Gasteiger partial charge on any atom is 0.311 e. The fraction of sp³-hybridized carbons (Fsp3) is 0.378. The van der Waals surface area contributed by atoms with Gasteiger partial charge in [-0.15, -0.1) is 0 Å². The number of esters is 1. The number of carbonyl (C=O) groups excluding carboxylic acids is 1. The molecule has 1 saturated heterocycles. The fourth-order valence-electron chi connectivity index (χ4n) is 12.4. The SMILES string of the molecule is CC(C)Oc1cc(C#N)cc(-c2nc(-c3cccc4c3CC[C@H]4N)no2)c1.CC(C)Oc1ccc(-c2nc(-c3cccc4c3CC[C@H]4OC(=O)C(C)(C)C)no2)cc1C#N.CC1CN(CCS(=O)(=O)N[C@H]2CCc3c(-c4noc(-c5ccc(OC(C)C)c(C#N)c5)n4)cccc32)C1. The first-order chi connectivity index (χ1) is 46.4. The lowest BCUT2D eigenvalue weighted by atomic mass is 9.97. The standard InChI is InChI=1S/C27H31N5O4S.C26H27N3O4.C21H20N4O2/c1-17(2)35-25-10-7-19(13-20(25)14-28)27-29-26(30-36-27)23-6-4-5-22-21(23)8-9-24(22)31-37(33,34)12-11-32-15-18(3)16-32;1-15(2)31-21-11-9-16(13-17(21)14-27)24-28-23(29-33-24)20-8-6-7-19-18(20)10-12-22(19)32-25(30)26(3,4)5;1-12(2)26-15-9-13(11-22)8-14(10-15)21-24-20(25-27-21)18-5-3-4-17-16(18)6-7-19(17)23/h4-7,10,13,17-18,24,31H,8-9,11-12,15-16H2,1-3H3;6-9,11,13,15,22H,10,12H2,1-5H3;3-5,8-10,12,19H,6-7,23H2,1-2H3/t24-;22-;19-/m011/s1. The Morgan fingerprint density at radius 1 is 0.619 bits per heavy atom. The lowest BCUT2D eigenvalue weighted by Crippen LogP contribution is -2.47. The Labute approximate surface area is 564 Å². The Morgan fingerprint density at radius 3 is 1.61 bits per heavy atom. The number of nitrogens with two attached hydrogens (primary N) is 1. The van der Waals surface area contributed by atoms with E-state index in [-0.39, 0.29) is 48.2 Å². The van der Waals surface area contributed by atoms with Gasteiger partial charge >= 0.3 is 5.97 Å². The minimum atomic E-state index is -3.40. The molecule has 0 saturated carbocycles. The minimum absolute atomic E-state index is 0.00107. The first kappa shape index (κ1) is 68.3. The molecule has 22 nitrogen and oxygen atoms in total. The van der Waals surface area contributed by atoms with Crippen LogP contribution in [0.2, 0.25) is 0 Å². The number of likely N-dealkylation sites (tertiary alicyclic amines) is 1. The quantitative estimate of drug-likeness (QED) is 0.0754. The highest BCUT2D eigenvalue weighted by molar-refractivity contribution is 7.89. The van der Waals surface area contributed by atoms with Gasteiger partial charge in [0.15, 0.2) is 0 Å². The van der Waals surface area contributed by atoms with Crippen LogP contribution >= 0.6 is 0 Å². The molecule has 1 aliphatic heterocycles. The molecule has 23 heteroatoms. The van der Waals surface area contributed by atoms with Gasteiger partial charge in [-0.05, 0) is 195 Å². The lowest BCUT2D eigenvalue weighted by Gasteiger charge is -2.37. The number of hydrogen-bond donors (Lipinski definition) is 2. The van der Waals surface area contributed by atoms with Crippen molar-refractivity contribution in [2.75, 3.05) is 25.4 Å². The zero-order valence-electron chi connectivity index (χ0n) is 56.0. The second-order valence-corrected chi connectivity index (χ2v) is 28.5. The fourth-order valence-corrected chi connectivity index (χ4v) is 13.7. The summed E-state index contributed by atoms with van der Waals surface area (Å²) in [6.07, 6.45) is 4.36. The molecule has 0 unspecified atom stereocenters. The number of fused-ring (bicyclic) bond motifs is 3. The zero-order valence-corrected chi connectivity index (χ0v) is 56.9. The van der Waals surface area contributed by atoms with E-state index in [1.165, 1.54) is 5.56 Å². The third kappa shape index (κ3) is 15.9. The van der Waals surface area contributed by atoms with Crippen molar-refractivity contribution in [3.63, 3.8) is 0 Å². The van der Waals surface area contributed by atoms with Crippen LogP contribution < -0.4 is 24.7 Å². The van der Waals surface area contributed by atoms with Crippen LogP contribution in [0.4, 0.5) is 0 Å². The van der Waals surface area contributed by atoms with Gasteiger partial charge in [0.25, 0.3) is 17.7 Å². The number of hydrogen-bond acceptors (Lipinski definition) is 21. The van der Waals surface area contributed by atoms with Gasteiger partial charge in [-0.1, -0.05) is 77.0 Å². The van der Waals surface area contributed by atoms with Crippen LogP contribution in [0.5, 0.6) is 17.2 Å². The van der Waals surface area contributed by atoms with Gasteiger partial charge in [0, 0.05) is 65.1 Å². The summed E-state index contributed by atoms with van der Waals surface area (Å²) in [6.45, 7) is 21.7. The van der Waals surface area contributed by atoms with Crippen molar-refractivity contribution < 1.29 is 45.7 Å². The monoisotopic (exact) mass is 1330 g/mol. The molecule has 6 aromatic carbocycles. The van der Waals surface area contributed by atoms with Crippen LogP contribution in [0.3, 0.4) is 0 Å². The molecule has 0 amide bonds. The van der Waals surface area contributed by atoms with E-state index >= 15 is 0 Å². The van der Waals surface area contributed by atoms with Crippen molar-refractivity contribution in [3.05, 3.63) is 159 Å². The number of ether oxygens (including phenoxy) is 4. The summed E-state index contributed by atoms with van der Waals surface area (Å²) >= 11 is 0. The van der Waals surface area contributed by atoms with Gasteiger partial charge in [-0.3, -0.25) is 4.79 Å². The van der Waals surface area contributed by atoms with Crippen molar-refractivity contribution in [2.24, 2.45) is 17.1 Å². The number of carbonyl (C=O) groups is 1. The number of nitrogens with zero attached hydrogens (tertiary/aromatic N) is 10. The molecular weight excluding hydrogens is 1250 g/mol. The summed E-state index contributed by atoms with van der Waals surface area (Å²) in [7, 11) is -3.40. The number of sulfonamides is 1. The molecule has 13 rings (SSSR count). The number of nitrogens with one attached hydrogen (secondary N) is 1. The maximum atomic E-state index is 12.8. The summed E-state index contributed by atoms with van der Waals surface area (Å²) in [6, 6.07) is 39.6.